The van der Waals surface area contributed by atoms with Crippen LogP contribution in [0.4, 0.5) is 0 Å². The van der Waals surface area contributed by atoms with Gasteiger partial charge in [-0.1, -0.05) is 42.5 Å². The molecule has 2 aromatic rings. The van der Waals surface area contributed by atoms with E-state index in [-0.39, 0.29) is 16.8 Å². The fourth-order valence-corrected chi connectivity index (χ4v) is 4.33. The summed E-state index contributed by atoms with van der Waals surface area (Å²) < 4.78 is 27.1. The number of carbonyl (C=O) groups is 1. The maximum absolute atomic E-state index is 12.4. The van der Waals surface area contributed by atoms with Crippen LogP contribution in [0.2, 0.25) is 0 Å². The molecule has 0 fully saturated rings. The summed E-state index contributed by atoms with van der Waals surface area (Å²) in [6.45, 7) is 1.56. The maximum Gasteiger partial charge on any atom is 0.241 e. The summed E-state index contributed by atoms with van der Waals surface area (Å²) in [4.78, 5) is 12.5. The molecular formula is C19H22N2O3S. The van der Waals surface area contributed by atoms with Crippen molar-refractivity contribution in [1.29, 1.82) is 0 Å². The fraction of sp³-hybridized carbons (Fsp3) is 0.316. The van der Waals surface area contributed by atoms with Gasteiger partial charge in [0.2, 0.25) is 15.9 Å². The van der Waals surface area contributed by atoms with Crippen molar-refractivity contribution in [2.45, 2.75) is 43.2 Å². The molecule has 2 atom stereocenters. The highest BCUT2D eigenvalue weighted by molar-refractivity contribution is 7.89. The summed E-state index contributed by atoms with van der Waals surface area (Å²) in [7, 11) is -3.70. The van der Waals surface area contributed by atoms with E-state index in [1.165, 1.54) is 23.3 Å². The zero-order valence-corrected chi connectivity index (χ0v) is 14.9. The molecule has 0 saturated carbocycles. The molecule has 0 aliphatic heterocycles. The first kappa shape index (κ1) is 17.6. The van der Waals surface area contributed by atoms with E-state index in [9.17, 15) is 13.2 Å². The molecule has 1 aliphatic rings. The Morgan fingerprint density at radius 3 is 2.40 bits per heavy atom. The van der Waals surface area contributed by atoms with Gasteiger partial charge in [-0.25, -0.2) is 8.42 Å². The molecule has 2 aromatic carbocycles. The number of aryl methyl sites for hydroxylation is 1. The SMILES string of the molecule is C[C@H](NS(=O)(=O)c1ccccc1)C(=O)NC1CCc2ccccc2C1. The maximum atomic E-state index is 12.4. The predicted octanol–water partition coefficient (Wildman–Crippen LogP) is 2.03. The van der Waals surface area contributed by atoms with Crippen molar-refractivity contribution in [2.24, 2.45) is 0 Å². The Hall–Kier alpha value is -2.18. The molecule has 0 heterocycles. The minimum atomic E-state index is -3.70. The topological polar surface area (TPSA) is 75.3 Å². The van der Waals surface area contributed by atoms with E-state index in [4.69, 9.17) is 0 Å². The van der Waals surface area contributed by atoms with Gasteiger partial charge in [-0.05, 0) is 49.4 Å². The molecule has 0 saturated heterocycles. The predicted molar refractivity (Wildman–Crippen MR) is 96.6 cm³/mol. The minimum absolute atomic E-state index is 0.0334. The van der Waals surface area contributed by atoms with Crippen LogP contribution in [0.3, 0.4) is 0 Å². The van der Waals surface area contributed by atoms with Crippen LogP contribution in [0.1, 0.15) is 24.5 Å². The lowest BCUT2D eigenvalue weighted by Crippen LogP contribution is -2.49. The van der Waals surface area contributed by atoms with Crippen LogP contribution in [0.15, 0.2) is 59.5 Å². The Morgan fingerprint density at radius 2 is 1.68 bits per heavy atom. The monoisotopic (exact) mass is 358 g/mol. The van der Waals surface area contributed by atoms with Crippen LogP contribution >= 0.6 is 0 Å². The standard InChI is InChI=1S/C19H22N2O3S/c1-14(21-25(23,24)18-9-3-2-4-10-18)19(22)20-17-12-11-15-7-5-6-8-16(15)13-17/h2-10,14,17,21H,11-13H2,1H3,(H,20,22)/t14-,17?/m0/s1. The van der Waals surface area contributed by atoms with E-state index >= 15 is 0 Å². The van der Waals surface area contributed by atoms with Crippen LogP contribution < -0.4 is 10.0 Å². The van der Waals surface area contributed by atoms with Gasteiger partial charge in [-0.2, -0.15) is 4.72 Å². The van der Waals surface area contributed by atoms with E-state index in [1.807, 2.05) is 12.1 Å². The van der Waals surface area contributed by atoms with E-state index in [0.717, 1.165) is 19.3 Å². The number of hydrogen-bond acceptors (Lipinski definition) is 3. The van der Waals surface area contributed by atoms with E-state index < -0.39 is 16.1 Å². The first-order valence-electron chi connectivity index (χ1n) is 8.40. The number of amides is 1. The lowest BCUT2D eigenvalue weighted by atomic mass is 9.88. The first-order chi connectivity index (χ1) is 12.0. The second-order valence-corrected chi connectivity index (χ2v) is 8.09. The third-order valence-electron chi connectivity index (χ3n) is 4.47. The Labute approximate surface area is 148 Å². The Kier molecular flexibility index (Phi) is 5.20. The summed E-state index contributed by atoms with van der Waals surface area (Å²) >= 11 is 0. The van der Waals surface area contributed by atoms with E-state index in [0.29, 0.717) is 0 Å². The van der Waals surface area contributed by atoms with Crippen LogP contribution in [0.25, 0.3) is 0 Å². The number of carbonyl (C=O) groups excluding carboxylic acids is 1. The number of rotatable bonds is 5. The zero-order chi connectivity index (χ0) is 17.9. The molecule has 0 spiro atoms. The molecule has 132 valence electrons. The Balaban J connectivity index is 1.60. The lowest BCUT2D eigenvalue weighted by Gasteiger charge is -2.26. The molecule has 0 bridgehead atoms. The molecular weight excluding hydrogens is 336 g/mol. The smallest absolute Gasteiger partial charge is 0.241 e. The molecule has 1 amide bonds. The second-order valence-electron chi connectivity index (χ2n) is 6.37. The molecule has 1 aliphatic carbocycles. The van der Waals surface area contributed by atoms with Crippen LogP contribution in [0.5, 0.6) is 0 Å². The summed E-state index contributed by atoms with van der Waals surface area (Å²) in [6, 6.07) is 15.5. The van der Waals surface area contributed by atoms with Crippen molar-refractivity contribution in [2.75, 3.05) is 0 Å². The van der Waals surface area contributed by atoms with Crippen molar-refractivity contribution >= 4 is 15.9 Å². The van der Waals surface area contributed by atoms with Gasteiger partial charge in [-0.3, -0.25) is 4.79 Å². The normalized spacial score (nSPS) is 18.2. The average Bonchev–Trinajstić information content (AvgIpc) is 2.62. The Morgan fingerprint density at radius 1 is 1.04 bits per heavy atom. The quantitative estimate of drug-likeness (QED) is 0.859. The van der Waals surface area contributed by atoms with Gasteiger partial charge in [-0.15, -0.1) is 0 Å². The summed E-state index contributed by atoms with van der Waals surface area (Å²) in [5.74, 6) is -0.302. The minimum Gasteiger partial charge on any atom is -0.352 e. The van der Waals surface area contributed by atoms with Crippen LogP contribution in [-0.4, -0.2) is 26.4 Å². The van der Waals surface area contributed by atoms with Crippen molar-refractivity contribution in [3.05, 3.63) is 65.7 Å². The average molecular weight is 358 g/mol. The summed E-state index contributed by atoms with van der Waals surface area (Å²) in [5.41, 5.74) is 2.57. The summed E-state index contributed by atoms with van der Waals surface area (Å²) in [6.07, 6.45) is 2.56. The third kappa shape index (κ3) is 4.27. The third-order valence-corrected chi connectivity index (χ3v) is 6.03. The van der Waals surface area contributed by atoms with Gasteiger partial charge in [0.25, 0.3) is 0 Å². The zero-order valence-electron chi connectivity index (χ0n) is 14.1. The highest BCUT2D eigenvalue weighted by Crippen LogP contribution is 2.21. The molecule has 0 aromatic heterocycles. The Bertz CT molecular complexity index is 850. The second kappa shape index (κ2) is 7.37. The van der Waals surface area contributed by atoms with Crippen molar-refractivity contribution < 1.29 is 13.2 Å². The number of benzene rings is 2. The fourth-order valence-electron chi connectivity index (χ4n) is 3.10. The van der Waals surface area contributed by atoms with Crippen molar-refractivity contribution in [3.63, 3.8) is 0 Å². The van der Waals surface area contributed by atoms with Crippen molar-refractivity contribution in [3.8, 4) is 0 Å². The van der Waals surface area contributed by atoms with Gasteiger partial charge < -0.3 is 5.32 Å². The lowest BCUT2D eigenvalue weighted by molar-refractivity contribution is -0.123. The molecule has 1 unspecified atom stereocenters. The molecule has 2 N–H and O–H groups in total. The number of nitrogens with one attached hydrogen (secondary N) is 2. The molecule has 0 radical (unpaired) electrons. The van der Waals surface area contributed by atoms with Gasteiger partial charge >= 0.3 is 0 Å². The van der Waals surface area contributed by atoms with Crippen LogP contribution in [0, 0.1) is 0 Å². The van der Waals surface area contributed by atoms with Crippen molar-refractivity contribution in [1.82, 2.24) is 10.0 Å². The van der Waals surface area contributed by atoms with E-state index in [1.54, 1.807) is 25.1 Å². The highest BCUT2D eigenvalue weighted by Gasteiger charge is 2.25. The molecule has 25 heavy (non-hydrogen) atoms. The van der Waals surface area contributed by atoms with Gasteiger partial charge in [0.1, 0.15) is 0 Å². The van der Waals surface area contributed by atoms with Crippen LogP contribution in [-0.2, 0) is 27.7 Å². The molecule has 3 rings (SSSR count). The first-order valence-corrected chi connectivity index (χ1v) is 9.88. The number of sulfonamides is 1. The van der Waals surface area contributed by atoms with Gasteiger partial charge in [0.15, 0.2) is 0 Å². The molecule has 5 nitrogen and oxygen atoms in total. The van der Waals surface area contributed by atoms with Gasteiger partial charge in [0.05, 0.1) is 10.9 Å². The molecule has 6 heteroatoms. The number of fused-ring (bicyclic) bond motifs is 1. The number of hydrogen-bond donors (Lipinski definition) is 2. The largest absolute Gasteiger partial charge is 0.352 e. The van der Waals surface area contributed by atoms with Gasteiger partial charge in [0, 0.05) is 6.04 Å². The van der Waals surface area contributed by atoms with E-state index in [2.05, 4.69) is 22.2 Å². The summed E-state index contributed by atoms with van der Waals surface area (Å²) in [5, 5.41) is 2.97. The highest BCUT2D eigenvalue weighted by atomic mass is 32.2.